The minimum Gasteiger partial charge on any atom is -0.469 e. The zero-order chi connectivity index (χ0) is 18.6. The van der Waals surface area contributed by atoms with E-state index in [9.17, 15) is 14.4 Å². The zero-order valence-corrected chi connectivity index (χ0v) is 15.5. The topological polar surface area (TPSA) is 87.7 Å². The van der Waals surface area contributed by atoms with Crippen LogP contribution in [0, 0.1) is 0 Å². The number of piperazine rings is 1. The van der Waals surface area contributed by atoms with Crippen molar-refractivity contribution in [1.82, 2.24) is 10.2 Å². The first-order valence-electron chi connectivity index (χ1n) is 7.34. The maximum Gasteiger partial charge on any atom is 0.307 e. The van der Waals surface area contributed by atoms with Crippen LogP contribution in [0.1, 0.15) is 6.42 Å². The lowest BCUT2D eigenvalue weighted by molar-refractivity contribution is -0.146. The molecule has 10 heteroatoms. The first-order valence-corrected chi connectivity index (χ1v) is 8.48. The molecule has 1 atom stereocenters. The fraction of sp³-hybridized carbons (Fsp3) is 0.400. The third kappa shape index (κ3) is 5.22. The van der Waals surface area contributed by atoms with Gasteiger partial charge in [-0.25, -0.2) is 0 Å². The Bertz CT molecular complexity index is 699. The van der Waals surface area contributed by atoms with Crippen LogP contribution in [0.25, 0.3) is 0 Å². The standard InChI is InChI=1S/C15H16Cl3N3O4/c1-25-14(23)6-12-15(24)19-2-3-21(12)7-13(22)20-11-5-9(17)8(16)4-10(11)18/h4-5,12H,2-3,6-7H2,1H3,(H,19,24)(H,20,22)/t12-/m0/s1. The second-order valence-electron chi connectivity index (χ2n) is 5.35. The van der Waals surface area contributed by atoms with Gasteiger partial charge >= 0.3 is 5.97 Å². The van der Waals surface area contributed by atoms with Crippen LogP contribution < -0.4 is 10.6 Å². The Morgan fingerprint density at radius 1 is 1.28 bits per heavy atom. The summed E-state index contributed by atoms with van der Waals surface area (Å²) in [6.07, 6.45) is -0.136. The number of methoxy groups -OCH3 is 1. The summed E-state index contributed by atoms with van der Waals surface area (Å²) >= 11 is 17.8. The van der Waals surface area contributed by atoms with Crippen molar-refractivity contribution in [2.45, 2.75) is 12.5 Å². The number of esters is 1. The van der Waals surface area contributed by atoms with Crippen molar-refractivity contribution in [3.63, 3.8) is 0 Å². The van der Waals surface area contributed by atoms with Crippen molar-refractivity contribution in [2.24, 2.45) is 0 Å². The summed E-state index contributed by atoms with van der Waals surface area (Å²) in [7, 11) is 1.24. The number of nitrogens with one attached hydrogen (secondary N) is 2. The molecule has 25 heavy (non-hydrogen) atoms. The Balaban J connectivity index is 2.06. The Kier molecular flexibility index (Phi) is 6.89. The molecule has 1 aromatic rings. The molecule has 0 spiro atoms. The fourth-order valence-electron chi connectivity index (χ4n) is 2.41. The predicted octanol–water partition coefficient (Wildman–Crippen LogP) is 1.95. The van der Waals surface area contributed by atoms with Crippen LogP contribution in [-0.4, -0.2) is 55.5 Å². The summed E-state index contributed by atoms with van der Waals surface area (Å²) < 4.78 is 4.60. The van der Waals surface area contributed by atoms with E-state index in [2.05, 4.69) is 15.4 Å². The maximum absolute atomic E-state index is 12.3. The number of benzene rings is 1. The quantitative estimate of drug-likeness (QED) is 0.574. The van der Waals surface area contributed by atoms with E-state index in [4.69, 9.17) is 34.8 Å². The van der Waals surface area contributed by atoms with Crippen molar-refractivity contribution in [3.05, 3.63) is 27.2 Å². The predicted molar refractivity (Wildman–Crippen MR) is 95.1 cm³/mol. The number of amides is 2. The highest BCUT2D eigenvalue weighted by molar-refractivity contribution is 6.44. The molecule has 2 amide bonds. The van der Waals surface area contributed by atoms with Gasteiger partial charge in [-0.15, -0.1) is 0 Å². The fourth-order valence-corrected chi connectivity index (χ4v) is 3.00. The monoisotopic (exact) mass is 407 g/mol. The molecule has 1 aliphatic rings. The van der Waals surface area contributed by atoms with E-state index < -0.39 is 17.9 Å². The number of ether oxygens (including phenoxy) is 1. The highest BCUT2D eigenvalue weighted by atomic mass is 35.5. The molecule has 2 rings (SSSR count). The molecule has 2 N–H and O–H groups in total. The van der Waals surface area contributed by atoms with Gasteiger partial charge in [0.05, 0.1) is 40.8 Å². The van der Waals surface area contributed by atoms with Crippen LogP contribution in [0.2, 0.25) is 15.1 Å². The van der Waals surface area contributed by atoms with Crippen LogP contribution in [-0.2, 0) is 19.1 Å². The number of carbonyl (C=O) groups is 3. The minimum atomic E-state index is -0.767. The second-order valence-corrected chi connectivity index (χ2v) is 6.57. The van der Waals surface area contributed by atoms with E-state index in [1.54, 1.807) is 4.90 Å². The largest absolute Gasteiger partial charge is 0.469 e. The van der Waals surface area contributed by atoms with Crippen molar-refractivity contribution in [3.8, 4) is 0 Å². The first kappa shape index (κ1) is 19.8. The maximum atomic E-state index is 12.3. The lowest BCUT2D eigenvalue weighted by atomic mass is 10.1. The van der Waals surface area contributed by atoms with Crippen molar-refractivity contribution in [1.29, 1.82) is 0 Å². The summed E-state index contributed by atoms with van der Waals surface area (Å²) in [5.74, 6) is -1.25. The van der Waals surface area contributed by atoms with Gasteiger partial charge in [0.1, 0.15) is 6.04 Å². The molecule has 7 nitrogen and oxygen atoms in total. The molecule has 1 saturated heterocycles. The average Bonchev–Trinajstić information content (AvgIpc) is 2.55. The van der Waals surface area contributed by atoms with Gasteiger partial charge in [-0.2, -0.15) is 0 Å². The molecule has 0 aliphatic carbocycles. The van der Waals surface area contributed by atoms with Gasteiger partial charge in [-0.1, -0.05) is 34.8 Å². The number of nitrogens with zero attached hydrogens (tertiary/aromatic N) is 1. The Labute approximate surface area is 159 Å². The van der Waals surface area contributed by atoms with Crippen LogP contribution >= 0.6 is 34.8 Å². The van der Waals surface area contributed by atoms with Crippen molar-refractivity contribution < 1.29 is 19.1 Å². The Morgan fingerprint density at radius 2 is 1.96 bits per heavy atom. The lowest BCUT2D eigenvalue weighted by Crippen LogP contribution is -2.57. The van der Waals surface area contributed by atoms with E-state index in [0.717, 1.165) is 0 Å². The highest BCUT2D eigenvalue weighted by Crippen LogP contribution is 2.32. The summed E-state index contributed by atoms with van der Waals surface area (Å²) in [6.45, 7) is 0.721. The number of hydrogen-bond acceptors (Lipinski definition) is 5. The number of rotatable bonds is 5. The molecule has 1 aliphatic heterocycles. The van der Waals surface area contributed by atoms with Gasteiger partial charge in [-0.3, -0.25) is 19.3 Å². The van der Waals surface area contributed by atoms with Gasteiger partial charge in [0.25, 0.3) is 0 Å². The normalized spacial score (nSPS) is 17.8. The molecule has 136 valence electrons. The summed E-state index contributed by atoms with van der Waals surface area (Å²) in [5, 5.41) is 6.06. The van der Waals surface area contributed by atoms with Gasteiger partial charge in [-0.05, 0) is 12.1 Å². The number of halogens is 3. The van der Waals surface area contributed by atoms with Gasteiger partial charge < -0.3 is 15.4 Å². The smallest absolute Gasteiger partial charge is 0.307 e. The molecule has 1 heterocycles. The molecular formula is C15H16Cl3N3O4. The molecule has 1 fully saturated rings. The number of carbonyl (C=O) groups excluding carboxylic acids is 3. The van der Waals surface area contributed by atoms with Crippen LogP contribution in [0.5, 0.6) is 0 Å². The molecule has 1 aromatic carbocycles. The molecule has 0 radical (unpaired) electrons. The summed E-state index contributed by atoms with van der Waals surface area (Å²) in [6, 6.07) is 2.10. The summed E-state index contributed by atoms with van der Waals surface area (Å²) in [5.41, 5.74) is 0.312. The average molecular weight is 409 g/mol. The number of anilines is 1. The molecule has 0 saturated carbocycles. The van der Waals surface area contributed by atoms with Crippen LogP contribution in [0.4, 0.5) is 5.69 Å². The molecule has 0 bridgehead atoms. The second kappa shape index (κ2) is 8.71. The zero-order valence-electron chi connectivity index (χ0n) is 13.3. The SMILES string of the molecule is COC(=O)C[C@H]1C(=O)NCCN1CC(=O)Nc1cc(Cl)c(Cl)cc1Cl. The van der Waals surface area contributed by atoms with Gasteiger partial charge in [0.2, 0.25) is 11.8 Å². The van der Waals surface area contributed by atoms with E-state index in [-0.39, 0.29) is 33.9 Å². The molecule has 0 unspecified atom stereocenters. The minimum absolute atomic E-state index is 0.0916. The van der Waals surface area contributed by atoms with Crippen molar-refractivity contribution >= 4 is 58.3 Å². The summed E-state index contributed by atoms with van der Waals surface area (Å²) in [4.78, 5) is 37.4. The number of hydrogen-bond donors (Lipinski definition) is 2. The van der Waals surface area contributed by atoms with Crippen molar-refractivity contribution in [2.75, 3.05) is 32.1 Å². The third-order valence-electron chi connectivity index (χ3n) is 3.66. The Hall–Kier alpha value is -1.54. The molecule has 0 aromatic heterocycles. The van der Waals surface area contributed by atoms with Gasteiger partial charge in [0, 0.05) is 13.1 Å². The van der Waals surface area contributed by atoms with E-state index in [1.165, 1.54) is 19.2 Å². The van der Waals surface area contributed by atoms with Gasteiger partial charge in [0.15, 0.2) is 0 Å². The van der Waals surface area contributed by atoms with Crippen LogP contribution in [0.15, 0.2) is 12.1 Å². The highest BCUT2D eigenvalue weighted by Gasteiger charge is 2.33. The Morgan fingerprint density at radius 3 is 2.64 bits per heavy atom. The van der Waals surface area contributed by atoms with E-state index >= 15 is 0 Å². The first-order chi connectivity index (χ1) is 11.8. The van der Waals surface area contributed by atoms with Crippen LogP contribution in [0.3, 0.4) is 0 Å². The van der Waals surface area contributed by atoms with E-state index in [0.29, 0.717) is 18.8 Å². The van der Waals surface area contributed by atoms with E-state index in [1.807, 2.05) is 0 Å². The third-order valence-corrected chi connectivity index (χ3v) is 4.69. The lowest BCUT2D eigenvalue weighted by Gasteiger charge is -2.33. The molecular weight excluding hydrogens is 393 g/mol.